The number of furan rings is 2. The molecule has 3 N–H and O–H groups in total. The minimum absolute atomic E-state index is 0.311. The van der Waals surface area contributed by atoms with Crippen LogP contribution in [0.25, 0.3) is 76.7 Å². The minimum atomic E-state index is -0.497. The van der Waals surface area contributed by atoms with Gasteiger partial charge in [0.15, 0.2) is 23.5 Å². The molecule has 10 aromatic rings. The number of fused-ring (bicyclic) bond motifs is 9. The number of benzene rings is 7. The maximum absolute atomic E-state index is 6.94. The summed E-state index contributed by atoms with van der Waals surface area (Å²) in [5, 5.41) is 11.4. The van der Waals surface area contributed by atoms with Gasteiger partial charge in [0, 0.05) is 49.0 Å². The van der Waals surface area contributed by atoms with Gasteiger partial charge in [-0.2, -0.15) is 0 Å². The van der Waals surface area contributed by atoms with Gasteiger partial charge in [0.1, 0.15) is 17.0 Å². The molecule has 7 heteroatoms. The van der Waals surface area contributed by atoms with E-state index in [0.29, 0.717) is 23.1 Å². The van der Waals surface area contributed by atoms with E-state index in [4.69, 9.17) is 24.6 Å². The van der Waals surface area contributed by atoms with Crippen LogP contribution in [-0.4, -0.2) is 16.2 Å². The fraction of sp³-hybridized carbons (Fsp3) is 0.0417. The molecule has 1 atom stereocenters. The summed E-state index contributed by atoms with van der Waals surface area (Å²) in [7, 11) is 0. The molecular formula is C48H33N5O2. The lowest BCUT2D eigenvalue weighted by Crippen LogP contribution is -2.33. The predicted molar refractivity (Wildman–Crippen MR) is 226 cm³/mol. The molecule has 0 radical (unpaired) electrons. The highest BCUT2D eigenvalue weighted by molar-refractivity contribution is 6.31. The average molecular weight is 712 g/mol. The third kappa shape index (κ3) is 4.69. The van der Waals surface area contributed by atoms with Crippen LogP contribution < -0.4 is 11.1 Å². The average Bonchev–Trinajstić information content (AvgIpc) is 3.90. The maximum atomic E-state index is 6.94. The molecule has 4 heterocycles. The highest BCUT2D eigenvalue weighted by Crippen LogP contribution is 2.43. The number of nitrogens with one attached hydrogen (secondary N) is 1. The number of nitrogen functional groups attached to an aromatic ring is 1. The van der Waals surface area contributed by atoms with Crippen LogP contribution in [0.4, 0.5) is 5.88 Å². The number of allylic oxidation sites excluding steroid dienone is 1. The van der Waals surface area contributed by atoms with E-state index in [1.165, 1.54) is 21.5 Å². The van der Waals surface area contributed by atoms with Crippen molar-refractivity contribution in [3.8, 4) is 5.69 Å². The molecule has 55 heavy (non-hydrogen) atoms. The third-order valence-corrected chi connectivity index (χ3v) is 10.8. The predicted octanol–water partition coefficient (Wildman–Crippen LogP) is 11.7. The van der Waals surface area contributed by atoms with Crippen molar-refractivity contribution in [2.75, 3.05) is 5.73 Å². The molecule has 11 rings (SSSR count). The first-order chi connectivity index (χ1) is 27.2. The first kappa shape index (κ1) is 31.2. The molecule has 7 nitrogen and oxygen atoms in total. The van der Waals surface area contributed by atoms with Crippen LogP contribution in [0.15, 0.2) is 177 Å². The summed E-state index contributed by atoms with van der Waals surface area (Å²) in [4.78, 5) is 10.3. The Kier molecular flexibility index (Phi) is 6.85. The van der Waals surface area contributed by atoms with E-state index >= 15 is 0 Å². The second kappa shape index (κ2) is 12.1. The molecule has 0 bridgehead atoms. The van der Waals surface area contributed by atoms with Crippen molar-refractivity contribution in [3.63, 3.8) is 0 Å². The number of nitrogens with two attached hydrogens (primary N) is 1. The fourth-order valence-corrected chi connectivity index (χ4v) is 8.40. The Bertz CT molecular complexity index is 3270. The molecule has 0 saturated heterocycles. The molecular weight excluding hydrogens is 679 g/mol. The largest absolute Gasteiger partial charge is 0.456 e. The summed E-state index contributed by atoms with van der Waals surface area (Å²) in [6, 6.07) is 52.1. The van der Waals surface area contributed by atoms with Gasteiger partial charge in [0.25, 0.3) is 0 Å². The Morgan fingerprint density at radius 3 is 2.25 bits per heavy atom. The van der Waals surface area contributed by atoms with Gasteiger partial charge >= 0.3 is 0 Å². The van der Waals surface area contributed by atoms with Gasteiger partial charge in [-0.05, 0) is 30.5 Å². The van der Waals surface area contributed by atoms with Crippen molar-refractivity contribution in [2.45, 2.75) is 13.1 Å². The van der Waals surface area contributed by atoms with Crippen molar-refractivity contribution >= 4 is 88.6 Å². The monoisotopic (exact) mass is 711 g/mol. The molecule has 1 unspecified atom stereocenters. The number of amidine groups is 2. The first-order valence-electron chi connectivity index (χ1n) is 18.4. The summed E-state index contributed by atoms with van der Waals surface area (Å²) in [5.74, 6) is 1.55. The number of nitrogens with zero attached hydrogens (tertiary/aromatic N) is 3. The molecule has 0 saturated carbocycles. The summed E-state index contributed by atoms with van der Waals surface area (Å²) in [5.41, 5.74) is 15.8. The van der Waals surface area contributed by atoms with Gasteiger partial charge < -0.3 is 24.5 Å². The molecule has 1 aliphatic heterocycles. The van der Waals surface area contributed by atoms with Gasteiger partial charge in [-0.25, -0.2) is 9.98 Å². The SMILES string of the molecule is C/C=C(/C1=NC(c2ccccc2)=NC(c2cccc3c2oc2ccccc23)N1)c1c(N)oc2c(-n3c4ccccc4c4ccc5ccccc5c43)cccc12. The minimum Gasteiger partial charge on any atom is -0.456 e. The highest BCUT2D eigenvalue weighted by Gasteiger charge is 2.29. The molecule has 0 amide bonds. The van der Waals surface area contributed by atoms with E-state index in [9.17, 15) is 0 Å². The van der Waals surface area contributed by atoms with Crippen LogP contribution >= 0.6 is 0 Å². The summed E-state index contributed by atoms with van der Waals surface area (Å²) in [6.07, 6.45) is 1.54. The lowest BCUT2D eigenvalue weighted by Gasteiger charge is -2.25. The summed E-state index contributed by atoms with van der Waals surface area (Å²) < 4.78 is 15.4. The fourth-order valence-electron chi connectivity index (χ4n) is 8.40. The maximum Gasteiger partial charge on any atom is 0.199 e. The van der Waals surface area contributed by atoms with Crippen molar-refractivity contribution in [1.82, 2.24) is 9.88 Å². The Morgan fingerprint density at radius 1 is 0.655 bits per heavy atom. The molecule has 262 valence electrons. The zero-order valence-corrected chi connectivity index (χ0v) is 29.8. The second-order valence-electron chi connectivity index (χ2n) is 13.9. The van der Waals surface area contributed by atoms with Crippen LogP contribution in [0, 0.1) is 0 Å². The van der Waals surface area contributed by atoms with Crippen LogP contribution in [0.1, 0.15) is 29.8 Å². The zero-order chi connectivity index (χ0) is 36.6. The molecule has 0 fully saturated rings. The van der Waals surface area contributed by atoms with Crippen molar-refractivity contribution in [1.29, 1.82) is 0 Å². The van der Waals surface area contributed by atoms with Crippen LogP contribution in [-0.2, 0) is 0 Å². The normalized spacial score (nSPS) is 15.0. The van der Waals surface area contributed by atoms with E-state index in [0.717, 1.165) is 66.3 Å². The van der Waals surface area contributed by atoms with Crippen molar-refractivity contribution < 1.29 is 8.83 Å². The smallest absolute Gasteiger partial charge is 0.199 e. The van der Waals surface area contributed by atoms with Crippen LogP contribution in [0.5, 0.6) is 0 Å². The van der Waals surface area contributed by atoms with E-state index in [1.54, 1.807) is 0 Å². The van der Waals surface area contributed by atoms with Crippen LogP contribution in [0.3, 0.4) is 0 Å². The second-order valence-corrected chi connectivity index (χ2v) is 13.9. The summed E-state index contributed by atoms with van der Waals surface area (Å²) in [6.45, 7) is 2.00. The lowest BCUT2D eigenvalue weighted by atomic mass is 10.00. The molecule has 3 aromatic heterocycles. The standard InChI is InChI=1S/C48H33N5O2/c1-2-30(47-50-46(29-15-4-3-5-16-29)51-48(52-47)37-22-12-20-35-33-19-9-11-25-40(33)54-43(35)37)41-36-21-13-24-39(44(36)55-45(41)49)53-38-23-10-8-18-32(38)34-27-26-28-14-6-7-17-31(28)42(34)53/h2-27,48H,49H2,1H3,(H,50,51,52)/b30-2+. The van der Waals surface area contributed by atoms with E-state index in [1.807, 2.05) is 61.5 Å². The number of aliphatic imine (C=N–C) groups is 2. The van der Waals surface area contributed by atoms with Crippen molar-refractivity contribution in [3.05, 3.63) is 174 Å². The molecule has 1 aliphatic rings. The Hall–Kier alpha value is -7.38. The Morgan fingerprint density at radius 2 is 1.38 bits per heavy atom. The van der Waals surface area contributed by atoms with Gasteiger partial charge in [-0.3, -0.25) is 0 Å². The topological polar surface area (TPSA) is 94.0 Å². The van der Waals surface area contributed by atoms with Gasteiger partial charge in [0.2, 0.25) is 0 Å². The van der Waals surface area contributed by atoms with E-state index in [2.05, 4.69) is 113 Å². The molecule has 0 spiro atoms. The van der Waals surface area contributed by atoms with Crippen LogP contribution in [0.2, 0.25) is 0 Å². The van der Waals surface area contributed by atoms with Gasteiger partial charge in [-0.1, -0.05) is 140 Å². The summed E-state index contributed by atoms with van der Waals surface area (Å²) >= 11 is 0. The number of para-hydroxylation sites is 4. The van der Waals surface area contributed by atoms with E-state index in [-0.39, 0.29) is 0 Å². The Labute approximate surface area is 315 Å². The van der Waals surface area contributed by atoms with Gasteiger partial charge in [-0.15, -0.1) is 0 Å². The zero-order valence-electron chi connectivity index (χ0n) is 29.8. The molecule has 0 aliphatic carbocycles. The number of hydrogen-bond donors (Lipinski definition) is 2. The highest BCUT2D eigenvalue weighted by atomic mass is 16.3. The van der Waals surface area contributed by atoms with Crippen molar-refractivity contribution in [2.24, 2.45) is 9.98 Å². The number of aromatic nitrogens is 1. The Balaban J connectivity index is 1.10. The first-order valence-corrected chi connectivity index (χ1v) is 18.4. The third-order valence-electron chi connectivity index (χ3n) is 10.8. The lowest BCUT2D eigenvalue weighted by molar-refractivity contribution is 0.628. The number of anilines is 1. The van der Waals surface area contributed by atoms with E-state index < -0.39 is 6.17 Å². The van der Waals surface area contributed by atoms with Gasteiger partial charge in [0.05, 0.1) is 22.3 Å². The number of hydrogen-bond acceptors (Lipinski definition) is 6. The number of rotatable bonds is 5. The molecule has 7 aromatic carbocycles. The quantitative estimate of drug-likeness (QED) is 0.186.